The van der Waals surface area contributed by atoms with E-state index in [1.165, 1.54) is 30.4 Å². The van der Waals surface area contributed by atoms with Gasteiger partial charge in [-0.05, 0) is 36.1 Å². The second kappa shape index (κ2) is 5.82. The number of hydrogen-bond donors (Lipinski definition) is 1. The lowest BCUT2D eigenvalue weighted by molar-refractivity contribution is -0.548. The fraction of sp³-hybridized carbons (Fsp3) is 0.556. The topological polar surface area (TPSA) is 44.8 Å². The Morgan fingerprint density at radius 3 is 2.91 bits per heavy atom. The molecule has 2 bridgehead atoms. The summed E-state index contributed by atoms with van der Waals surface area (Å²) < 4.78 is 7.72. The molecule has 2 aliphatic carbocycles. The number of likely N-dealkylation sites (N-methyl/N-ethyl adjacent to an activating group) is 1. The van der Waals surface area contributed by atoms with Crippen molar-refractivity contribution in [3.05, 3.63) is 29.3 Å². The fourth-order valence-corrected chi connectivity index (χ4v) is 5.10. The van der Waals surface area contributed by atoms with Gasteiger partial charge < -0.3 is 22.4 Å². The summed E-state index contributed by atoms with van der Waals surface area (Å²) in [5.41, 5.74) is 3.40. The van der Waals surface area contributed by atoms with Crippen LogP contribution in [0.5, 0.6) is 5.75 Å². The molecule has 0 unspecified atom stereocenters. The summed E-state index contributed by atoms with van der Waals surface area (Å²) in [6.45, 7) is 0. The molecule has 1 N–H and O–H groups in total. The molecule has 124 valence electrons. The summed E-state index contributed by atoms with van der Waals surface area (Å²) in [7, 11) is 3.83. The van der Waals surface area contributed by atoms with Crippen LogP contribution in [0.2, 0.25) is 0 Å². The second-order valence-corrected chi connectivity index (χ2v) is 6.90. The average molecular weight is 335 g/mol. The molecule has 1 aromatic carbocycles. The summed E-state index contributed by atoms with van der Waals surface area (Å²) in [6, 6.07) is 6.93. The van der Waals surface area contributed by atoms with Gasteiger partial charge in [0.25, 0.3) is 0 Å². The van der Waals surface area contributed by atoms with E-state index >= 15 is 0 Å². The third-order valence-electron chi connectivity index (χ3n) is 6.07. The number of hydrogen-bond acceptors (Lipinski definition) is 3. The molecular weight excluding hydrogens is 312 g/mol. The molecule has 4 rings (SSSR count). The molecule has 0 radical (unpaired) electrons. The van der Waals surface area contributed by atoms with Crippen molar-refractivity contribution in [2.75, 3.05) is 14.2 Å². The minimum Gasteiger partial charge on any atom is -1.00 e. The summed E-state index contributed by atoms with van der Waals surface area (Å²) >= 11 is 0. The van der Waals surface area contributed by atoms with Crippen LogP contribution < -0.4 is 17.1 Å². The quantitative estimate of drug-likeness (QED) is 0.432. The van der Waals surface area contributed by atoms with Gasteiger partial charge in [0.2, 0.25) is 0 Å². The molecule has 1 aliphatic heterocycles. The first-order valence-electron chi connectivity index (χ1n) is 8.17. The Hall–Kier alpha value is -1.55. The smallest absolute Gasteiger partial charge is 0.189 e. The molecule has 1 fully saturated rings. The van der Waals surface area contributed by atoms with E-state index in [0.29, 0.717) is 12.0 Å². The number of rotatable bonds is 1. The van der Waals surface area contributed by atoms with Gasteiger partial charge in [-0.1, -0.05) is 24.1 Å². The molecule has 0 spiro atoms. The highest BCUT2D eigenvalue weighted by Gasteiger charge is 2.59. The molecule has 0 saturated heterocycles. The number of nitrogens with zero attached hydrogens (tertiary/aromatic N) is 2. The maximum absolute atomic E-state index is 9.71. The zero-order valence-corrected chi connectivity index (χ0v) is 14.4. The third-order valence-corrected chi connectivity index (χ3v) is 6.07. The highest BCUT2D eigenvalue weighted by atomic mass is 35.5. The van der Waals surface area contributed by atoms with Crippen LogP contribution in [0.1, 0.15) is 36.8 Å². The molecule has 0 aromatic heterocycles. The van der Waals surface area contributed by atoms with E-state index in [9.17, 15) is 5.21 Å². The Kier molecular flexibility index (Phi) is 4.13. The van der Waals surface area contributed by atoms with Gasteiger partial charge in [-0.15, -0.1) is 0 Å². The second-order valence-electron chi connectivity index (χ2n) is 6.90. The Labute approximate surface area is 143 Å². The summed E-state index contributed by atoms with van der Waals surface area (Å²) in [5.74, 6) is 1.42. The van der Waals surface area contributed by atoms with Crippen molar-refractivity contribution >= 4 is 11.9 Å². The standard InChI is InChI=1S/C18H22N2O2.ClH/c1-20-11-17(19-21)18-8-4-3-5-14(18)16(20)9-12-6-7-13(22-2)10-15(12)18;/h6-7,10-11,14,16H,3-5,8-9H2,1-2H3;1H/t14-,16-,18-;/m0./s1. The highest BCUT2D eigenvalue weighted by Crippen LogP contribution is 2.53. The first-order valence-corrected chi connectivity index (χ1v) is 8.17. The van der Waals surface area contributed by atoms with Gasteiger partial charge >= 0.3 is 0 Å². The zero-order chi connectivity index (χ0) is 15.3. The van der Waals surface area contributed by atoms with Gasteiger partial charge in [-0.3, -0.25) is 0 Å². The number of methoxy groups -OCH3 is 1. The van der Waals surface area contributed by atoms with E-state index in [4.69, 9.17) is 4.74 Å². The van der Waals surface area contributed by atoms with Crippen molar-refractivity contribution in [2.24, 2.45) is 11.1 Å². The third kappa shape index (κ3) is 2.11. The Balaban J connectivity index is 0.00000156. The minimum atomic E-state index is -0.133. The van der Waals surface area contributed by atoms with Gasteiger partial charge in [0.15, 0.2) is 18.0 Å². The predicted octanol–water partition coefficient (Wildman–Crippen LogP) is -0.391. The predicted molar refractivity (Wildman–Crippen MR) is 85.6 cm³/mol. The molecule has 23 heavy (non-hydrogen) atoms. The van der Waals surface area contributed by atoms with E-state index < -0.39 is 0 Å². The number of fused-ring (bicyclic) bond motifs is 1. The van der Waals surface area contributed by atoms with Crippen LogP contribution in [0.4, 0.5) is 0 Å². The van der Waals surface area contributed by atoms with Gasteiger partial charge in [0.1, 0.15) is 12.8 Å². The van der Waals surface area contributed by atoms with E-state index in [1.54, 1.807) is 7.11 Å². The van der Waals surface area contributed by atoms with E-state index in [-0.39, 0.29) is 17.8 Å². The first kappa shape index (κ1) is 16.3. The van der Waals surface area contributed by atoms with Crippen LogP contribution in [0.15, 0.2) is 23.4 Å². The summed E-state index contributed by atoms with van der Waals surface area (Å²) in [6.07, 6.45) is 7.86. The Morgan fingerprint density at radius 1 is 1.35 bits per heavy atom. The number of oxime groups is 1. The maximum atomic E-state index is 9.71. The molecule has 1 saturated carbocycles. The monoisotopic (exact) mass is 334 g/mol. The average Bonchev–Trinajstić information content (AvgIpc) is 2.57. The number of halogens is 1. The summed E-state index contributed by atoms with van der Waals surface area (Å²) in [5, 5.41) is 13.4. The molecule has 4 nitrogen and oxygen atoms in total. The van der Waals surface area contributed by atoms with Gasteiger partial charge in [-0.25, -0.2) is 4.58 Å². The van der Waals surface area contributed by atoms with E-state index in [1.807, 2.05) is 6.07 Å². The van der Waals surface area contributed by atoms with E-state index in [0.717, 1.165) is 24.3 Å². The first-order chi connectivity index (χ1) is 10.7. The lowest BCUT2D eigenvalue weighted by Gasteiger charge is -2.51. The molecule has 3 atom stereocenters. The molecular formula is C18H23ClN2O2. The Bertz CT molecular complexity index is 686. The van der Waals surface area contributed by atoms with Crippen molar-refractivity contribution in [3.63, 3.8) is 0 Å². The molecule has 1 aromatic rings. The SMILES string of the molecule is COc1ccc2c(c1)[C@]13CCCC[C@H]1[C@H](C2)[N+](C)=C/C3=N/O.[Cl-]. The van der Waals surface area contributed by atoms with Crippen LogP contribution >= 0.6 is 0 Å². The normalized spacial score (nSPS) is 33.1. The van der Waals surface area contributed by atoms with Crippen molar-refractivity contribution in [1.29, 1.82) is 0 Å². The largest absolute Gasteiger partial charge is 1.00 e. The van der Waals surface area contributed by atoms with Crippen LogP contribution in [0.25, 0.3) is 0 Å². The van der Waals surface area contributed by atoms with Crippen molar-refractivity contribution in [3.8, 4) is 5.75 Å². The maximum Gasteiger partial charge on any atom is 0.189 e. The van der Waals surface area contributed by atoms with Crippen LogP contribution in [0.3, 0.4) is 0 Å². The molecule has 5 heteroatoms. The molecule has 0 amide bonds. The van der Waals surface area contributed by atoms with Crippen molar-refractivity contribution < 1.29 is 26.9 Å². The van der Waals surface area contributed by atoms with E-state index in [2.05, 4.69) is 35.1 Å². The highest BCUT2D eigenvalue weighted by molar-refractivity contribution is 6.33. The zero-order valence-electron chi connectivity index (χ0n) is 13.6. The van der Waals surface area contributed by atoms with Gasteiger partial charge in [-0.2, -0.15) is 0 Å². The van der Waals surface area contributed by atoms with Crippen LogP contribution in [-0.4, -0.2) is 41.9 Å². The minimum absolute atomic E-state index is 0. The molecule has 1 heterocycles. The van der Waals surface area contributed by atoms with Crippen molar-refractivity contribution in [2.45, 2.75) is 43.6 Å². The number of benzene rings is 1. The Morgan fingerprint density at radius 2 is 2.17 bits per heavy atom. The van der Waals surface area contributed by atoms with Crippen molar-refractivity contribution in [1.82, 2.24) is 0 Å². The lowest BCUT2D eigenvalue weighted by atomic mass is 9.52. The fourth-order valence-electron chi connectivity index (χ4n) is 5.10. The van der Waals surface area contributed by atoms with Gasteiger partial charge in [0.05, 0.1) is 12.5 Å². The lowest BCUT2D eigenvalue weighted by Crippen LogP contribution is -3.00. The summed E-state index contributed by atoms with van der Waals surface area (Å²) in [4.78, 5) is 0. The van der Waals surface area contributed by atoms with Crippen LogP contribution in [0, 0.1) is 5.92 Å². The van der Waals surface area contributed by atoms with Crippen LogP contribution in [-0.2, 0) is 11.8 Å². The van der Waals surface area contributed by atoms with Gasteiger partial charge in [0, 0.05) is 12.3 Å². The number of ether oxygens (including phenoxy) is 1. The molecule has 3 aliphatic rings.